The van der Waals surface area contributed by atoms with Crippen LogP contribution in [0.1, 0.15) is 32.9 Å². The number of hydrogen-bond donors (Lipinski definition) is 0. The van der Waals surface area contributed by atoms with Gasteiger partial charge in [0.15, 0.2) is 0 Å². The summed E-state index contributed by atoms with van der Waals surface area (Å²) < 4.78 is 219. The predicted octanol–water partition coefficient (Wildman–Crippen LogP) is 13.2. The Morgan fingerprint density at radius 3 is 1.68 bits per heavy atom. The normalized spacial score (nSPS) is 19.0. The van der Waals surface area contributed by atoms with Crippen molar-refractivity contribution in [1.82, 2.24) is 0 Å². The zero-order valence-electron chi connectivity index (χ0n) is 47.7. The Bertz CT molecular complexity index is 4120. The molecule has 0 atom stereocenters. The van der Waals surface area contributed by atoms with Gasteiger partial charge in [-0.2, -0.15) is 0 Å². The van der Waals surface area contributed by atoms with E-state index in [0.717, 1.165) is 0 Å². The van der Waals surface area contributed by atoms with Crippen molar-refractivity contribution < 1.29 is 37.3 Å². The Morgan fingerprint density at radius 1 is 0.383 bits per heavy atom. The van der Waals surface area contributed by atoms with Gasteiger partial charge in [-0.1, -0.05) is 151 Å². The first-order chi connectivity index (χ1) is 33.3. The van der Waals surface area contributed by atoms with Gasteiger partial charge in [0.25, 0.3) is 0 Å². The molecular weight excluding hydrogens is 569 g/mol. The fraction of sp³-hybridized carbons (Fsp3) is 0. The Balaban J connectivity index is 1.41. The fourth-order valence-corrected chi connectivity index (χ4v) is 6.05. The Morgan fingerprint density at radius 2 is 0.957 bits per heavy atom. The molecule has 0 N–H and O–H groups in total. The lowest BCUT2D eigenvalue weighted by Gasteiger charge is -2.18. The molecule has 0 aliphatic carbocycles. The van der Waals surface area contributed by atoms with E-state index in [1.165, 1.54) is 24.3 Å². The lowest BCUT2D eigenvalue weighted by atomic mass is 9.84. The van der Waals surface area contributed by atoms with E-state index >= 15 is 0 Å². The number of furan rings is 1. The zero-order valence-corrected chi connectivity index (χ0v) is 23.7. The molecule has 47 heavy (non-hydrogen) atoms. The van der Waals surface area contributed by atoms with Gasteiger partial charge in [-0.05, 0) is 89.2 Å². The lowest BCUT2D eigenvalue weighted by Crippen LogP contribution is -1.91. The molecular formula is C46H28O. The van der Waals surface area contributed by atoms with Crippen LogP contribution in [-0.2, 0) is 0 Å². The maximum absolute atomic E-state index is 9.51. The van der Waals surface area contributed by atoms with Gasteiger partial charge in [0, 0.05) is 16.2 Å². The first kappa shape index (κ1) is 11.9. The van der Waals surface area contributed by atoms with Crippen molar-refractivity contribution in [3.63, 3.8) is 0 Å². The Kier molecular flexibility index (Phi) is 2.57. The first-order valence-corrected chi connectivity index (χ1v) is 14.2. The van der Waals surface area contributed by atoms with Crippen LogP contribution in [0.5, 0.6) is 0 Å². The Hall–Kier alpha value is -6.18. The Labute approximate surface area is 305 Å². The molecule has 0 amide bonds. The van der Waals surface area contributed by atoms with Crippen LogP contribution < -0.4 is 0 Å². The third-order valence-corrected chi connectivity index (χ3v) is 8.09. The van der Waals surface area contributed by atoms with Crippen molar-refractivity contribution >= 4 is 65.0 Å². The molecule has 0 saturated heterocycles. The first-order valence-electron chi connectivity index (χ1n) is 26.2. The highest BCUT2D eigenvalue weighted by Gasteiger charge is 2.20. The van der Waals surface area contributed by atoms with Crippen molar-refractivity contribution in [3.8, 4) is 33.4 Å². The van der Waals surface area contributed by atoms with Crippen LogP contribution in [0, 0.1) is 0 Å². The third kappa shape index (κ3) is 3.97. The summed E-state index contributed by atoms with van der Waals surface area (Å²) in [6.45, 7) is 0. The minimum atomic E-state index is -0.847. The molecule has 1 heterocycles. The molecule has 10 aromatic rings. The van der Waals surface area contributed by atoms with Crippen molar-refractivity contribution in [3.05, 3.63) is 169 Å². The number of rotatable bonds is 3. The van der Waals surface area contributed by atoms with E-state index in [0.29, 0.717) is 0 Å². The topological polar surface area (TPSA) is 13.1 Å². The summed E-state index contributed by atoms with van der Waals surface area (Å²) >= 11 is 0. The summed E-state index contributed by atoms with van der Waals surface area (Å²) in [6.07, 6.45) is 0. The van der Waals surface area contributed by atoms with E-state index in [2.05, 4.69) is 0 Å². The lowest BCUT2D eigenvalue weighted by molar-refractivity contribution is 0.673. The van der Waals surface area contributed by atoms with Gasteiger partial charge < -0.3 is 4.42 Å². The predicted molar refractivity (Wildman–Crippen MR) is 200 cm³/mol. The highest BCUT2D eigenvalue weighted by atomic mass is 16.3. The summed E-state index contributed by atoms with van der Waals surface area (Å²) in [5.41, 5.74) is -2.28. The average Bonchev–Trinajstić information content (AvgIpc) is 3.75. The highest BCUT2D eigenvalue weighted by Crippen LogP contribution is 2.47. The van der Waals surface area contributed by atoms with Crippen LogP contribution >= 0.6 is 0 Å². The van der Waals surface area contributed by atoms with E-state index in [1.807, 2.05) is 0 Å². The molecule has 1 nitrogen and oxygen atoms in total. The van der Waals surface area contributed by atoms with Crippen LogP contribution in [0.3, 0.4) is 0 Å². The smallest absolute Gasteiger partial charge is 0.143 e. The molecule has 10 rings (SSSR count). The van der Waals surface area contributed by atoms with Gasteiger partial charge in [-0.3, -0.25) is 0 Å². The van der Waals surface area contributed by atoms with Gasteiger partial charge in [0.1, 0.15) is 11.2 Å². The SMILES string of the molecule is [2H]c1c([2H])c(-c2c3c([2H])c([2H])c([2H])c([2H])c3c(-c3ccc(-c4c([2H])c([2H])c5c([2H])c([2H])c([2H])c([2H])c5c4[2H])cc3)c3c([2H])c([2H])c([2H])c([2H])c23)c2c(oc3c4c([2H])c([2H])c([2H])c([2H])c4c([2H])c([2H])c32)c1[2H]. The molecule has 1 aromatic heterocycles. The van der Waals surface area contributed by atoms with E-state index < -0.39 is 194 Å². The second kappa shape index (κ2) is 10.2. The molecule has 0 fully saturated rings. The minimum absolute atomic E-state index is 0.0396. The maximum Gasteiger partial charge on any atom is 0.143 e. The van der Waals surface area contributed by atoms with E-state index in [4.69, 9.17) is 29.1 Å². The maximum atomic E-state index is 9.51. The van der Waals surface area contributed by atoms with Crippen molar-refractivity contribution in [2.45, 2.75) is 0 Å². The second-order valence-corrected chi connectivity index (χ2v) is 10.6. The minimum Gasteiger partial charge on any atom is -0.455 e. The molecule has 218 valence electrons. The largest absolute Gasteiger partial charge is 0.455 e. The molecule has 0 unspecified atom stereocenters. The average molecular weight is 621 g/mol. The van der Waals surface area contributed by atoms with Gasteiger partial charge in [0.05, 0.1) is 32.9 Å². The molecule has 0 aliphatic rings. The van der Waals surface area contributed by atoms with E-state index in [1.54, 1.807) is 0 Å². The number of fused-ring (bicyclic) bond motifs is 8. The molecule has 0 bridgehead atoms. The van der Waals surface area contributed by atoms with Crippen LogP contribution in [0.15, 0.2) is 174 Å². The summed E-state index contributed by atoms with van der Waals surface area (Å²) in [4.78, 5) is 0. The van der Waals surface area contributed by atoms with Gasteiger partial charge in [0.2, 0.25) is 0 Å². The van der Waals surface area contributed by atoms with Crippen LogP contribution in [0.25, 0.3) is 98.4 Å². The monoisotopic (exact) mass is 620 g/mol. The third-order valence-electron chi connectivity index (χ3n) is 8.09. The van der Waals surface area contributed by atoms with Crippen molar-refractivity contribution in [2.75, 3.05) is 0 Å². The van der Waals surface area contributed by atoms with Gasteiger partial charge >= 0.3 is 0 Å². The van der Waals surface area contributed by atoms with Gasteiger partial charge in [-0.25, -0.2) is 0 Å². The molecule has 0 saturated carbocycles. The number of benzene rings is 9. The number of hydrogen-bond acceptors (Lipinski definition) is 1. The summed E-state index contributed by atoms with van der Waals surface area (Å²) in [5, 5.41) is -3.91. The summed E-state index contributed by atoms with van der Waals surface area (Å²) in [6, 6.07) is -11.8. The van der Waals surface area contributed by atoms with Crippen LogP contribution in [-0.4, -0.2) is 0 Å². The van der Waals surface area contributed by atoms with E-state index in [-0.39, 0.29) is 49.2 Å². The highest BCUT2D eigenvalue weighted by molar-refractivity contribution is 6.27. The van der Waals surface area contributed by atoms with Crippen LogP contribution in [0.4, 0.5) is 0 Å². The van der Waals surface area contributed by atoms with Gasteiger partial charge in [-0.15, -0.1) is 0 Å². The summed E-state index contributed by atoms with van der Waals surface area (Å²) in [7, 11) is 0. The molecule has 0 radical (unpaired) electrons. The molecule has 0 spiro atoms. The second-order valence-electron chi connectivity index (χ2n) is 10.6. The molecule has 1 heteroatoms. The quantitative estimate of drug-likeness (QED) is 0.179. The van der Waals surface area contributed by atoms with E-state index in [9.17, 15) is 8.22 Å². The fourth-order valence-electron chi connectivity index (χ4n) is 6.05. The zero-order chi connectivity index (χ0) is 51.8. The van der Waals surface area contributed by atoms with Crippen molar-refractivity contribution in [2.24, 2.45) is 0 Å². The van der Waals surface area contributed by atoms with Crippen LogP contribution in [0.2, 0.25) is 0 Å². The molecule has 9 aromatic carbocycles. The standard InChI is InChI=1S/C46H28O/c1-2-12-33-28-34(25-22-29(33)10-1)30-20-23-32(24-21-30)43-36-14-5-7-16-38(36)44(39-17-8-6-15-37(39)43)40-18-9-19-42-45(40)41-27-26-31-11-3-4-13-35(31)46(41)47-42/h1-28H/i1D,2D,3D,4D,5D,6D,7D,8D,9D,10D,11D,12D,13D,14D,15D,16D,17D,18D,19D,22D,25D,26D,27D,28D. The summed E-state index contributed by atoms with van der Waals surface area (Å²) in [5.74, 6) is 0. The molecule has 0 aliphatic heterocycles. The van der Waals surface area contributed by atoms with Crippen molar-refractivity contribution in [1.29, 1.82) is 0 Å².